The lowest BCUT2D eigenvalue weighted by Crippen LogP contribution is -2.51. The topological polar surface area (TPSA) is 66.5 Å². The van der Waals surface area contributed by atoms with Crippen molar-refractivity contribution in [3.8, 4) is 0 Å². The molecule has 1 heterocycles. The van der Waals surface area contributed by atoms with E-state index in [0.717, 1.165) is 12.0 Å². The summed E-state index contributed by atoms with van der Waals surface area (Å²) in [4.78, 5) is 12.9. The summed E-state index contributed by atoms with van der Waals surface area (Å²) < 4.78 is 41.1. The van der Waals surface area contributed by atoms with E-state index in [1.807, 2.05) is 6.92 Å². The van der Waals surface area contributed by atoms with E-state index < -0.39 is 27.8 Å². The first kappa shape index (κ1) is 19.5. The highest BCUT2D eigenvalue weighted by Crippen LogP contribution is 2.26. The maximum atomic E-state index is 13.7. The third-order valence-electron chi connectivity index (χ3n) is 4.79. The molecule has 0 bridgehead atoms. The Morgan fingerprint density at radius 3 is 2.56 bits per heavy atom. The van der Waals surface area contributed by atoms with Crippen molar-refractivity contribution in [2.45, 2.75) is 43.7 Å². The van der Waals surface area contributed by atoms with Crippen LogP contribution in [0.1, 0.15) is 30.4 Å². The van der Waals surface area contributed by atoms with E-state index in [-0.39, 0.29) is 11.4 Å². The summed E-state index contributed by atoms with van der Waals surface area (Å²) in [6.45, 7) is 2.21. The molecule has 0 aromatic heterocycles. The smallest absolute Gasteiger partial charge is 0.243 e. The number of nitrogens with zero attached hydrogens (tertiary/aromatic N) is 1. The van der Waals surface area contributed by atoms with E-state index in [1.165, 1.54) is 10.4 Å². The highest BCUT2D eigenvalue weighted by molar-refractivity contribution is 7.89. The molecule has 1 atom stereocenters. The molecule has 7 heteroatoms. The Kier molecular flexibility index (Phi) is 5.92. The van der Waals surface area contributed by atoms with Gasteiger partial charge in [0.15, 0.2) is 0 Å². The van der Waals surface area contributed by atoms with Crippen LogP contribution < -0.4 is 5.32 Å². The van der Waals surface area contributed by atoms with Crippen molar-refractivity contribution in [2.75, 3.05) is 6.54 Å². The highest BCUT2D eigenvalue weighted by atomic mass is 32.2. The minimum atomic E-state index is -3.77. The number of carbonyl (C=O) groups excluding carboxylic acids is 1. The first-order chi connectivity index (χ1) is 12.9. The molecule has 144 valence electrons. The predicted octanol–water partition coefficient (Wildman–Crippen LogP) is 2.99. The second kappa shape index (κ2) is 8.19. The van der Waals surface area contributed by atoms with Gasteiger partial charge in [-0.25, -0.2) is 12.8 Å². The summed E-state index contributed by atoms with van der Waals surface area (Å²) in [5.41, 5.74) is 1.33. The van der Waals surface area contributed by atoms with Gasteiger partial charge in [0, 0.05) is 18.7 Å². The zero-order chi connectivity index (χ0) is 19.4. The van der Waals surface area contributed by atoms with E-state index in [9.17, 15) is 17.6 Å². The standard InChI is InChI=1S/C20H23FN2O3S/c1-15-9-11-17(12-10-15)27(25,26)23-13-5-4-8-19(23)20(24)22-14-16-6-2-3-7-18(16)21/h2-3,6-7,9-12,19H,4-5,8,13-14H2,1H3,(H,22,24)/t19-/m0/s1. The number of halogens is 1. The van der Waals surface area contributed by atoms with Gasteiger partial charge in [0.1, 0.15) is 11.9 Å². The number of nitrogens with one attached hydrogen (secondary N) is 1. The van der Waals surface area contributed by atoms with Crippen LogP contribution in [0.4, 0.5) is 4.39 Å². The van der Waals surface area contributed by atoms with E-state index in [0.29, 0.717) is 24.9 Å². The number of hydrogen-bond acceptors (Lipinski definition) is 3. The van der Waals surface area contributed by atoms with Crippen molar-refractivity contribution in [2.24, 2.45) is 0 Å². The van der Waals surface area contributed by atoms with Crippen molar-refractivity contribution < 1.29 is 17.6 Å². The highest BCUT2D eigenvalue weighted by Gasteiger charge is 2.37. The van der Waals surface area contributed by atoms with Crippen molar-refractivity contribution in [1.29, 1.82) is 0 Å². The van der Waals surface area contributed by atoms with E-state index in [4.69, 9.17) is 0 Å². The van der Waals surface area contributed by atoms with Crippen molar-refractivity contribution >= 4 is 15.9 Å². The van der Waals surface area contributed by atoms with Gasteiger partial charge in [0.2, 0.25) is 15.9 Å². The Morgan fingerprint density at radius 1 is 1.15 bits per heavy atom. The maximum Gasteiger partial charge on any atom is 0.243 e. The molecule has 0 unspecified atom stereocenters. The largest absolute Gasteiger partial charge is 0.351 e. The summed E-state index contributed by atoms with van der Waals surface area (Å²) in [6, 6.07) is 12.0. The van der Waals surface area contributed by atoms with Crippen LogP contribution >= 0.6 is 0 Å². The number of rotatable bonds is 5. The van der Waals surface area contributed by atoms with Crippen molar-refractivity contribution in [3.63, 3.8) is 0 Å². The number of hydrogen-bond donors (Lipinski definition) is 1. The lowest BCUT2D eigenvalue weighted by atomic mass is 10.0. The molecule has 2 aromatic rings. The molecular formula is C20H23FN2O3S. The van der Waals surface area contributed by atoms with Gasteiger partial charge in [0.05, 0.1) is 4.90 Å². The second-order valence-corrected chi connectivity index (χ2v) is 8.64. The van der Waals surface area contributed by atoms with Gasteiger partial charge in [-0.3, -0.25) is 4.79 Å². The van der Waals surface area contributed by atoms with Crippen LogP contribution in [0.15, 0.2) is 53.4 Å². The molecule has 0 saturated carbocycles. The van der Waals surface area contributed by atoms with Gasteiger partial charge < -0.3 is 5.32 Å². The fraction of sp³-hybridized carbons (Fsp3) is 0.350. The van der Waals surface area contributed by atoms with Crippen LogP contribution in [0.3, 0.4) is 0 Å². The lowest BCUT2D eigenvalue weighted by Gasteiger charge is -2.33. The van der Waals surface area contributed by atoms with Crippen molar-refractivity contribution in [1.82, 2.24) is 9.62 Å². The first-order valence-corrected chi connectivity index (χ1v) is 10.4. The molecule has 1 aliphatic rings. The molecule has 1 amide bonds. The van der Waals surface area contributed by atoms with Crippen LogP contribution in [0.2, 0.25) is 0 Å². The fourth-order valence-electron chi connectivity index (χ4n) is 3.24. The monoisotopic (exact) mass is 390 g/mol. The summed E-state index contributed by atoms with van der Waals surface area (Å²) in [7, 11) is -3.77. The van der Waals surface area contributed by atoms with E-state index >= 15 is 0 Å². The Hall–Kier alpha value is -2.25. The molecule has 0 aliphatic carbocycles. The number of aryl methyl sites for hydroxylation is 1. The zero-order valence-electron chi connectivity index (χ0n) is 15.2. The maximum absolute atomic E-state index is 13.7. The average molecular weight is 390 g/mol. The third kappa shape index (κ3) is 4.36. The molecule has 1 N–H and O–H groups in total. The molecule has 27 heavy (non-hydrogen) atoms. The summed E-state index contributed by atoms with van der Waals surface area (Å²) in [5.74, 6) is -0.792. The molecule has 0 radical (unpaired) electrons. The van der Waals surface area contributed by atoms with Gasteiger partial charge in [-0.1, -0.05) is 42.3 Å². The van der Waals surface area contributed by atoms with Crippen LogP contribution in [0.25, 0.3) is 0 Å². The predicted molar refractivity (Wildman–Crippen MR) is 101 cm³/mol. The van der Waals surface area contributed by atoms with Gasteiger partial charge >= 0.3 is 0 Å². The molecule has 5 nitrogen and oxygen atoms in total. The molecular weight excluding hydrogens is 367 g/mol. The summed E-state index contributed by atoms with van der Waals surface area (Å²) >= 11 is 0. The van der Waals surface area contributed by atoms with Crippen LogP contribution in [0, 0.1) is 12.7 Å². The molecule has 2 aromatic carbocycles. The summed E-state index contributed by atoms with van der Waals surface area (Å²) in [6.07, 6.45) is 1.94. The van der Waals surface area contributed by atoms with Crippen LogP contribution in [-0.2, 0) is 21.4 Å². The molecule has 3 rings (SSSR count). The zero-order valence-corrected chi connectivity index (χ0v) is 16.0. The number of sulfonamides is 1. The molecule has 0 spiro atoms. The molecule has 1 fully saturated rings. The minimum absolute atomic E-state index is 0.0282. The minimum Gasteiger partial charge on any atom is -0.351 e. The number of amides is 1. The number of piperidine rings is 1. The Morgan fingerprint density at radius 2 is 1.85 bits per heavy atom. The number of benzene rings is 2. The Balaban J connectivity index is 1.77. The lowest BCUT2D eigenvalue weighted by molar-refractivity contribution is -0.125. The van der Waals surface area contributed by atoms with E-state index in [2.05, 4.69) is 5.32 Å². The third-order valence-corrected chi connectivity index (χ3v) is 6.72. The van der Waals surface area contributed by atoms with Crippen LogP contribution in [-0.4, -0.2) is 31.2 Å². The van der Waals surface area contributed by atoms with Gasteiger partial charge in [0.25, 0.3) is 0 Å². The van der Waals surface area contributed by atoms with Crippen LogP contribution in [0.5, 0.6) is 0 Å². The quantitative estimate of drug-likeness (QED) is 0.854. The second-order valence-electron chi connectivity index (χ2n) is 6.75. The van der Waals surface area contributed by atoms with Gasteiger partial charge in [-0.05, 0) is 38.0 Å². The van der Waals surface area contributed by atoms with E-state index in [1.54, 1.807) is 42.5 Å². The van der Waals surface area contributed by atoms with Gasteiger partial charge in [-0.15, -0.1) is 0 Å². The molecule has 1 aliphatic heterocycles. The first-order valence-electron chi connectivity index (χ1n) is 8.99. The number of carbonyl (C=O) groups is 1. The normalized spacial score (nSPS) is 18.2. The SMILES string of the molecule is Cc1ccc(S(=O)(=O)N2CCCC[C@H]2C(=O)NCc2ccccc2F)cc1. The molecule has 1 saturated heterocycles. The average Bonchev–Trinajstić information content (AvgIpc) is 2.67. The Labute approximate surface area is 159 Å². The van der Waals surface area contributed by atoms with Gasteiger partial charge in [-0.2, -0.15) is 4.31 Å². The Bertz CT molecular complexity index is 913. The fourth-order valence-corrected chi connectivity index (χ4v) is 4.90. The van der Waals surface area contributed by atoms with Crippen molar-refractivity contribution in [3.05, 3.63) is 65.5 Å². The summed E-state index contributed by atoms with van der Waals surface area (Å²) in [5, 5.41) is 2.69.